The van der Waals surface area contributed by atoms with Crippen LogP contribution >= 0.6 is 23.2 Å². The zero-order valence-electron chi connectivity index (χ0n) is 19.8. The molecule has 0 radical (unpaired) electrons. The largest absolute Gasteiger partial charge is 0.492 e. The second kappa shape index (κ2) is 10.9. The Morgan fingerprint density at radius 3 is 2.78 bits per heavy atom. The minimum Gasteiger partial charge on any atom is -0.492 e. The van der Waals surface area contributed by atoms with Gasteiger partial charge in [0.15, 0.2) is 5.84 Å². The molecule has 1 atom stereocenters. The second-order valence-electron chi connectivity index (χ2n) is 8.74. The molecule has 2 aliphatic rings. The molecule has 1 aliphatic carbocycles. The highest BCUT2D eigenvalue weighted by Gasteiger charge is 2.25. The van der Waals surface area contributed by atoms with Crippen molar-refractivity contribution in [2.45, 2.75) is 38.1 Å². The van der Waals surface area contributed by atoms with Gasteiger partial charge in [-0.05, 0) is 73.6 Å². The Hall–Kier alpha value is -3.13. The van der Waals surface area contributed by atoms with Crippen molar-refractivity contribution in [3.8, 4) is 11.6 Å². The van der Waals surface area contributed by atoms with E-state index >= 15 is 0 Å². The number of aromatic nitrogens is 2. The van der Waals surface area contributed by atoms with Gasteiger partial charge in [-0.15, -0.1) is 10.2 Å². The molecule has 0 unspecified atom stereocenters. The van der Waals surface area contributed by atoms with Crippen LogP contribution in [0.4, 0.5) is 0 Å². The Labute approximate surface area is 220 Å². The Kier molecular flexibility index (Phi) is 7.41. The Bertz CT molecular complexity index is 1310. The predicted molar refractivity (Wildman–Crippen MR) is 141 cm³/mol. The molecule has 7 nitrogen and oxygen atoms in total. The fraction of sp³-hybridized carbons (Fsp3) is 0.296. The van der Waals surface area contributed by atoms with Gasteiger partial charge in [-0.1, -0.05) is 48.0 Å². The first-order valence-electron chi connectivity index (χ1n) is 11.9. The maximum absolute atomic E-state index is 6.39. The highest BCUT2D eigenvalue weighted by atomic mass is 35.5. The number of amidine groups is 1. The van der Waals surface area contributed by atoms with E-state index in [1.54, 1.807) is 12.1 Å². The Morgan fingerprint density at radius 2 is 2.00 bits per heavy atom. The molecule has 1 saturated carbocycles. The molecule has 1 aromatic heterocycles. The van der Waals surface area contributed by atoms with E-state index in [1.807, 2.05) is 37.3 Å². The predicted octanol–water partition coefficient (Wildman–Crippen LogP) is 6.35. The topological polar surface area (TPSA) is 77.9 Å². The highest BCUT2D eigenvalue weighted by Crippen LogP contribution is 2.41. The van der Waals surface area contributed by atoms with Crippen LogP contribution in [0.25, 0.3) is 5.76 Å². The van der Waals surface area contributed by atoms with Crippen molar-refractivity contribution in [2.24, 2.45) is 4.99 Å². The third-order valence-corrected chi connectivity index (χ3v) is 6.55. The average molecular weight is 525 g/mol. The van der Waals surface area contributed by atoms with E-state index in [4.69, 9.17) is 42.5 Å². The van der Waals surface area contributed by atoms with Crippen molar-refractivity contribution >= 4 is 34.8 Å². The molecule has 36 heavy (non-hydrogen) atoms. The van der Waals surface area contributed by atoms with Crippen LogP contribution in [0.2, 0.25) is 10.0 Å². The van der Waals surface area contributed by atoms with Gasteiger partial charge in [0.05, 0.1) is 24.8 Å². The van der Waals surface area contributed by atoms with Crippen molar-refractivity contribution < 1.29 is 14.3 Å². The number of aliphatic imine (C=N–C) groups is 1. The molecule has 186 valence electrons. The molecular weight excluding hydrogens is 499 g/mol. The third-order valence-electron chi connectivity index (χ3n) is 5.97. The lowest BCUT2D eigenvalue weighted by molar-refractivity contribution is 0.0623. The van der Waals surface area contributed by atoms with Gasteiger partial charge in [-0.25, -0.2) is 5.48 Å². The van der Waals surface area contributed by atoms with Crippen LogP contribution in [0.1, 0.15) is 48.1 Å². The van der Waals surface area contributed by atoms with Crippen molar-refractivity contribution in [3.63, 3.8) is 0 Å². The summed E-state index contributed by atoms with van der Waals surface area (Å²) in [6, 6.07) is 15.1. The van der Waals surface area contributed by atoms with E-state index in [0.717, 1.165) is 5.56 Å². The van der Waals surface area contributed by atoms with E-state index in [2.05, 4.69) is 28.3 Å². The fourth-order valence-corrected chi connectivity index (χ4v) is 4.48. The van der Waals surface area contributed by atoms with E-state index < -0.39 is 0 Å². The van der Waals surface area contributed by atoms with Crippen molar-refractivity contribution in [2.75, 3.05) is 13.2 Å². The zero-order chi connectivity index (χ0) is 25.1. The lowest BCUT2D eigenvalue weighted by atomic mass is 10.1. The van der Waals surface area contributed by atoms with E-state index in [1.165, 1.54) is 18.4 Å². The molecule has 1 fully saturated rings. The van der Waals surface area contributed by atoms with Crippen LogP contribution in [0, 0.1) is 0 Å². The maximum atomic E-state index is 6.39. The third kappa shape index (κ3) is 5.81. The van der Waals surface area contributed by atoms with Gasteiger partial charge in [-0.2, -0.15) is 0 Å². The molecule has 2 heterocycles. The molecule has 0 bridgehead atoms. The van der Waals surface area contributed by atoms with E-state index in [-0.39, 0.29) is 6.04 Å². The van der Waals surface area contributed by atoms with Crippen molar-refractivity contribution in [1.29, 1.82) is 0 Å². The maximum Gasteiger partial charge on any atom is 0.250 e. The number of benzene rings is 2. The number of nitrogens with one attached hydrogen (secondary N) is 1. The summed E-state index contributed by atoms with van der Waals surface area (Å²) in [4.78, 5) is 10.6. The first-order valence-corrected chi connectivity index (χ1v) is 12.6. The van der Waals surface area contributed by atoms with E-state index in [9.17, 15) is 0 Å². The summed E-state index contributed by atoms with van der Waals surface area (Å²) in [6.07, 6.45) is 3.00. The summed E-state index contributed by atoms with van der Waals surface area (Å²) < 4.78 is 11.8. The first kappa shape index (κ1) is 24.6. The van der Waals surface area contributed by atoms with Gasteiger partial charge in [0, 0.05) is 10.0 Å². The normalized spacial score (nSPS) is 17.2. The molecule has 3 aromatic rings. The molecule has 0 amide bonds. The van der Waals surface area contributed by atoms with Crippen LogP contribution in [0.5, 0.6) is 11.6 Å². The summed E-state index contributed by atoms with van der Waals surface area (Å²) in [6.45, 7) is 6.68. The highest BCUT2D eigenvalue weighted by molar-refractivity contribution is 6.35. The summed E-state index contributed by atoms with van der Waals surface area (Å²) in [5.41, 5.74) is 6.19. The van der Waals surface area contributed by atoms with Crippen LogP contribution in [0.3, 0.4) is 0 Å². The molecular formula is C27H26Cl2N4O3. The first-order chi connectivity index (χ1) is 17.5. The number of nitrogens with zero attached hydrogens (tertiary/aromatic N) is 3. The number of hydrogen-bond donors (Lipinski definition) is 1. The lowest BCUT2D eigenvalue weighted by Gasteiger charge is -2.23. The molecule has 5 rings (SSSR count). The molecule has 0 spiro atoms. The quantitative estimate of drug-likeness (QED) is 0.328. The van der Waals surface area contributed by atoms with Crippen molar-refractivity contribution in [1.82, 2.24) is 15.7 Å². The average Bonchev–Trinajstić information content (AvgIpc) is 3.72. The summed E-state index contributed by atoms with van der Waals surface area (Å²) in [7, 11) is 0. The zero-order valence-corrected chi connectivity index (χ0v) is 21.4. The summed E-state index contributed by atoms with van der Waals surface area (Å²) in [5, 5.41) is 9.81. The standard InChI is InChI=1S/C27H26Cl2N4O3/c1-3-34-16(2)25-14-23(27(32-31-25)36-22-6-4-5-18(12-22)17-7-8-17)26-30-21(15-35-33-26)11-19-9-10-20(28)13-24(19)29/h4-6,9-10,12-14,17,21H,2-3,7-8,11,15H2,1H3,(H,30,33)/t21-/m1/s1. The fourth-order valence-electron chi connectivity index (χ4n) is 3.99. The molecule has 1 N–H and O–H groups in total. The Balaban J connectivity index is 1.47. The number of hydrogen-bond acceptors (Lipinski definition) is 7. The van der Waals surface area contributed by atoms with Crippen LogP contribution < -0.4 is 10.2 Å². The van der Waals surface area contributed by atoms with Gasteiger partial charge in [0.25, 0.3) is 0 Å². The number of hydroxylamine groups is 1. The number of halogens is 2. The molecule has 1 aliphatic heterocycles. The minimum absolute atomic E-state index is 0.183. The summed E-state index contributed by atoms with van der Waals surface area (Å²) in [5.74, 6) is 2.49. The van der Waals surface area contributed by atoms with Crippen LogP contribution in [0.15, 0.2) is 60.1 Å². The van der Waals surface area contributed by atoms with Gasteiger partial charge in [0.2, 0.25) is 5.88 Å². The lowest BCUT2D eigenvalue weighted by Crippen LogP contribution is -2.37. The Morgan fingerprint density at radius 1 is 1.14 bits per heavy atom. The summed E-state index contributed by atoms with van der Waals surface area (Å²) >= 11 is 12.4. The van der Waals surface area contributed by atoms with Crippen molar-refractivity contribution in [3.05, 3.63) is 87.5 Å². The molecule has 0 saturated heterocycles. The van der Waals surface area contributed by atoms with Gasteiger partial charge in [-0.3, -0.25) is 9.83 Å². The number of ether oxygens (including phenoxy) is 2. The van der Waals surface area contributed by atoms with Crippen LogP contribution in [-0.2, 0) is 16.0 Å². The van der Waals surface area contributed by atoms with Crippen LogP contribution in [-0.4, -0.2) is 35.3 Å². The minimum atomic E-state index is -0.183. The number of rotatable bonds is 9. The monoisotopic (exact) mass is 524 g/mol. The molecule has 9 heteroatoms. The van der Waals surface area contributed by atoms with E-state index in [0.29, 0.717) is 70.1 Å². The van der Waals surface area contributed by atoms with Gasteiger partial charge >= 0.3 is 0 Å². The second-order valence-corrected chi connectivity index (χ2v) is 9.58. The van der Waals surface area contributed by atoms with Gasteiger partial charge < -0.3 is 9.47 Å². The van der Waals surface area contributed by atoms with Gasteiger partial charge in [0.1, 0.15) is 17.2 Å². The SMILES string of the molecule is C=C(OCC)c1cc(C2=N[C@H](Cc3ccc(Cl)cc3Cl)CON2)c(Oc2cccc(C3CC3)c2)nn1. The molecule has 2 aromatic carbocycles. The smallest absolute Gasteiger partial charge is 0.250 e.